The van der Waals surface area contributed by atoms with Crippen LogP contribution < -0.4 is 16.2 Å². The van der Waals surface area contributed by atoms with Gasteiger partial charge in [-0.1, -0.05) is 6.07 Å². The molecule has 4 rings (SSSR count). The summed E-state index contributed by atoms with van der Waals surface area (Å²) < 4.78 is 27.2. The third-order valence-electron chi connectivity index (χ3n) is 5.62. The molecule has 0 unspecified atom stereocenters. The number of aryl methyl sites for hydroxylation is 1. The Morgan fingerprint density at radius 3 is 2.58 bits per heavy atom. The molecule has 1 aliphatic heterocycles. The first kappa shape index (κ1) is 20.8. The fraction of sp³-hybridized carbons (Fsp3) is 0.318. The number of pyridine rings is 2. The van der Waals surface area contributed by atoms with E-state index in [-0.39, 0.29) is 40.7 Å². The third-order valence-corrected chi connectivity index (χ3v) is 5.62. The minimum atomic E-state index is -0.974. The van der Waals surface area contributed by atoms with E-state index < -0.39 is 23.0 Å². The summed E-state index contributed by atoms with van der Waals surface area (Å²) >= 11 is 0. The highest BCUT2D eigenvalue weighted by atomic mass is 19.1. The summed E-state index contributed by atoms with van der Waals surface area (Å²) in [7, 11) is 0. The average Bonchev–Trinajstić information content (AvgIpc) is 2.77. The number of carbonyl (C=O) groups is 1. The summed E-state index contributed by atoms with van der Waals surface area (Å²) in [6, 6.07) is 6.45. The van der Waals surface area contributed by atoms with E-state index in [0.29, 0.717) is 10.5 Å². The molecular weight excluding hydrogens is 406 g/mol. The summed E-state index contributed by atoms with van der Waals surface area (Å²) in [6.07, 6.45) is 2.95. The molecule has 0 bridgehead atoms. The summed E-state index contributed by atoms with van der Waals surface area (Å²) in [5.41, 5.74) is 4.82. The second kappa shape index (κ2) is 8.33. The number of nitrogen functional groups attached to an aromatic ring is 1. The molecule has 2 aromatic heterocycles. The van der Waals surface area contributed by atoms with Crippen LogP contribution in [0.25, 0.3) is 11.0 Å². The molecule has 1 aliphatic rings. The fourth-order valence-corrected chi connectivity index (χ4v) is 3.93. The Kier molecular flexibility index (Phi) is 5.58. The van der Waals surface area contributed by atoms with E-state index in [0.717, 1.165) is 44.5 Å². The van der Waals surface area contributed by atoms with E-state index >= 15 is 0 Å². The van der Waals surface area contributed by atoms with Gasteiger partial charge in [-0.15, -0.1) is 4.73 Å². The lowest BCUT2D eigenvalue weighted by atomic mass is 10.0. The predicted molar refractivity (Wildman–Crippen MR) is 113 cm³/mol. The molecule has 9 heteroatoms. The highest BCUT2D eigenvalue weighted by Crippen LogP contribution is 2.26. The number of benzene rings is 1. The van der Waals surface area contributed by atoms with Crippen molar-refractivity contribution in [2.24, 2.45) is 0 Å². The normalized spacial score (nSPS) is 14.2. The molecule has 0 radical (unpaired) electrons. The number of hydrogen-bond donors (Lipinski definition) is 2. The summed E-state index contributed by atoms with van der Waals surface area (Å²) in [4.78, 5) is 31.9. The van der Waals surface area contributed by atoms with Gasteiger partial charge in [0.1, 0.15) is 23.0 Å². The Hall–Kier alpha value is -3.49. The van der Waals surface area contributed by atoms with Crippen molar-refractivity contribution < 1.29 is 18.8 Å². The molecule has 1 saturated heterocycles. The van der Waals surface area contributed by atoms with Gasteiger partial charge in [-0.2, -0.15) is 0 Å². The second-order valence-electron chi connectivity index (χ2n) is 7.65. The van der Waals surface area contributed by atoms with E-state index in [1.54, 1.807) is 12.1 Å². The van der Waals surface area contributed by atoms with Crippen molar-refractivity contribution >= 4 is 28.3 Å². The number of Topliss-reactive ketones (excluding diaryl/α,β-unsaturated/α-hetero) is 1. The number of halogens is 2. The lowest BCUT2D eigenvalue weighted by Crippen LogP contribution is -2.31. The van der Waals surface area contributed by atoms with Gasteiger partial charge in [-0.3, -0.25) is 9.59 Å². The van der Waals surface area contributed by atoms with Crippen molar-refractivity contribution in [1.82, 2.24) is 9.71 Å². The van der Waals surface area contributed by atoms with Gasteiger partial charge < -0.3 is 15.8 Å². The molecule has 1 fully saturated rings. The van der Waals surface area contributed by atoms with Gasteiger partial charge in [0, 0.05) is 31.0 Å². The highest BCUT2D eigenvalue weighted by Gasteiger charge is 2.23. The van der Waals surface area contributed by atoms with Gasteiger partial charge in [0.2, 0.25) is 0 Å². The topological polar surface area (TPSA) is 101 Å². The summed E-state index contributed by atoms with van der Waals surface area (Å²) in [5, 5.41) is 10.7. The molecule has 0 aliphatic carbocycles. The number of nitrogens with two attached hydrogens (primary N) is 1. The molecule has 7 nitrogen and oxygen atoms in total. The number of hydrogen-bond acceptors (Lipinski definition) is 6. The van der Waals surface area contributed by atoms with Crippen molar-refractivity contribution in [2.75, 3.05) is 23.7 Å². The van der Waals surface area contributed by atoms with Gasteiger partial charge in [0.15, 0.2) is 11.4 Å². The highest BCUT2D eigenvalue weighted by molar-refractivity contribution is 6.06. The Morgan fingerprint density at radius 2 is 1.87 bits per heavy atom. The van der Waals surface area contributed by atoms with Gasteiger partial charge in [0.05, 0.1) is 5.69 Å². The smallest absolute Gasteiger partial charge is 0.297 e. The summed E-state index contributed by atoms with van der Waals surface area (Å²) in [6.45, 7) is 1.67. The van der Waals surface area contributed by atoms with Gasteiger partial charge in [0.25, 0.3) is 5.56 Å². The van der Waals surface area contributed by atoms with Crippen LogP contribution in [0.5, 0.6) is 0 Å². The number of fused-ring (bicyclic) bond motifs is 1. The largest absolute Gasteiger partial charge is 0.423 e. The first-order chi connectivity index (χ1) is 14.9. The SMILES string of the molecule is Nc1c(C(=O)CCc2ccc(F)cc2F)c(=O)n(O)c2nc(N3CCCCC3)ccc12. The average molecular weight is 428 g/mol. The second-order valence-corrected chi connectivity index (χ2v) is 7.65. The van der Waals surface area contributed by atoms with Crippen LogP contribution >= 0.6 is 0 Å². The van der Waals surface area contributed by atoms with Gasteiger partial charge in [-0.25, -0.2) is 13.8 Å². The van der Waals surface area contributed by atoms with E-state index in [2.05, 4.69) is 9.88 Å². The minimum Gasteiger partial charge on any atom is -0.423 e. The number of aromatic nitrogens is 2. The van der Waals surface area contributed by atoms with Crippen LogP contribution in [0.1, 0.15) is 41.6 Å². The Bertz CT molecular complexity index is 1220. The number of carbonyl (C=O) groups excluding carboxylic acids is 1. The zero-order chi connectivity index (χ0) is 22.1. The molecule has 0 saturated carbocycles. The van der Waals surface area contributed by atoms with Crippen LogP contribution in [0.4, 0.5) is 20.3 Å². The Labute approximate surface area is 176 Å². The van der Waals surface area contributed by atoms with Crippen molar-refractivity contribution in [3.8, 4) is 0 Å². The first-order valence-electron chi connectivity index (χ1n) is 10.1. The van der Waals surface area contributed by atoms with Crippen molar-refractivity contribution in [2.45, 2.75) is 32.1 Å². The maximum atomic E-state index is 13.8. The molecule has 31 heavy (non-hydrogen) atoms. The Balaban J connectivity index is 1.66. The molecule has 3 N–H and O–H groups in total. The molecule has 162 valence electrons. The monoisotopic (exact) mass is 428 g/mol. The summed E-state index contributed by atoms with van der Waals surface area (Å²) in [5.74, 6) is -1.50. The van der Waals surface area contributed by atoms with Crippen LogP contribution in [0, 0.1) is 11.6 Å². The standard InChI is InChI=1S/C22H22F2N4O3/c23-14-6-4-13(16(24)12-14)5-8-17(29)19-20(25)15-7-9-18(27-10-2-1-3-11-27)26-21(15)28(31)22(19)30/h4,6-7,9,12,31H,1-3,5,8,10-11,25H2. The molecule has 1 aromatic carbocycles. The lowest BCUT2D eigenvalue weighted by molar-refractivity contribution is 0.0976. The molecule has 0 amide bonds. The van der Waals surface area contributed by atoms with E-state index in [1.165, 1.54) is 6.07 Å². The molecule has 3 aromatic rings. The van der Waals surface area contributed by atoms with Crippen LogP contribution in [-0.4, -0.2) is 33.8 Å². The first-order valence-corrected chi connectivity index (χ1v) is 10.1. The van der Waals surface area contributed by atoms with Crippen LogP contribution in [0.15, 0.2) is 35.1 Å². The number of piperidine rings is 1. The maximum Gasteiger partial charge on any atom is 0.297 e. The molecule has 0 atom stereocenters. The van der Waals surface area contributed by atoms with E-state index in [9.17, 15) is 23.6 Å². The fourth-order valence-electron chi connectivity index (χ4n) is 3.93. The molecular formula is C22H22F2N4O3. The zero-order valence-corrected chi connectivity index (χ0v) is 16.8. The van der Waals surface area contributed by atoms with Crippen molar-refractivity contribution in [3.05, 3.63) is 63.4 Å². The lowest BCUT2D eigenvalue weighted by Gasteiger charge is -2.28. The third kappa shape index (κ3) is 3.95. The predicted octanol–water partition coefficient (Wildman–Crippen LogP) is 3.30. The number of ketones is 1. The quantitative estimate of drug-likeness (QED) is 0.478. The molecule has 0 spiro atoms. The zero-order valence-electron chi connectivity index (χ0n) is 16.8. The maximum absolute atomic E-state index is 13.8. The number of rotatable bonds is 5. The minimum absolute atomic E-state index is 0.0216. The number of anilines is 2. The van der Waals surface area contributed by atoms with Crippen LogP contribution in [0.2, 0.25) is 0 Å². The van der Waals surface area contributed by atoms with E-state index in [1.807, 2.05) is 0 Å². The van der Waals surface area contributed by atoms with Crippen molar-refractivity contribution in [3.63, 3.8) is 0 Å². The van der Waals surface area contributed by atoms with Crippen LogP contribution in [-0.2, 0) is 6.42 Å². The van der Waals surface area contributed by atoms with Crippen molar-refractivity contribution in [1.29, 1.82) is 0 Å². The van der Waals surface area contributed by atoms with E-state index in [4.69, 9.17) is 5.73 Å². The Morgan fingerprint density at radius 1 is 1.13 bits per heavy atom. The van der Waals surface area contributed by atoms with Gasteiger partial charge in [-0.05, 0) is 49.4 Å². The molecule has 3 heterocycles. The van der Waals surface area contributed by atoms with Crippen LogP contribution in [0.3, 0.4) is 0 Å². The number of nitrogens with zero attached hydrogens (tertiary/aromatic N) is 3. The van der Waals surface area contributed by atoms with Gasteiger partial charge >= 0.3 is 0 Å².